The van der Waals surface area contributed by atoms with Crippen molar-refractivity contribution in [2.75, 3.05) is 13.2 Å². The molecule has 0 amide bonds. The second-order valence-corrected chi connectivity index (χ2v) is 7.07. The van der Waals surface area contributed by atoms with Crippen LogP contribution in [0.3, 0.4) is 0 Å². The third-order valence-electron chi connectivity index (χ3n) is 3.42. The Labute approximate surface area is 145 Å². The zero-order chi connectivity index (χ0) is 15.0. The van der Waals surface area contributed by atoms with Gasteiger partial charge in [-0.05, 0) is 41.8 Å². The zero-order valence-corrected chi connectivity index (χ0v) is 15.3. The van der Waals surface area contributed by atoms with Gasteiger partial charge in [0.05, 0.1) is 4.83 Å². The standard InChI is InChI=1S/C16H13Br2ClO2/c1-9-2-3-10(6-13(9)19)16(18)11-7-14-15(8-12(11)17)21-5-4-20-14/h2-3,6-8,16H,4-5H2,1H3. The van der Waals surface area contributed by atoms with Gasteiger partial charge >= 0.3 is 0 Å². The Kier molecular flexibility index (Phi) is 4.48. The number of alkyl halides is 1. The first-order valence-electron chi connectivity index (χ1n) is 6.55. The van der Waals surface area contributed by atoms with E-state index in [-0.39, 0.29) is 4.83 Å². The molecule has 1 atom stereocenters. The molecule has 1 heterocycles. The van der Waals surface area contributed by atoms with Crippen LogP contribution in [-0.2, 0) is 0 Å². The van der Waals surface area contributed by atoms with Crippen LogP contribution in [0.1, 0.15) is 21.5 Å². The second-order valence-electron chi connectivity index (χ2n) is 4.89. The van der Waals surface area contributed by atoms with Crippen molar-refractivity contribution >= 4 is 43.5 Å². The molecule has 2 nitrogen and oxygen atoms in total. The van der Waals surface area contributed by atoms with E-state index < -0.39 is 0 Å². The van der Waals surface area contributed by atoms with Gasteiger partial charge in [0, 0.05) is 9.50 Å². The van der Waals surface area contributed by atoms with E-state index >= 15 is 0 Å². The first-order chi connectivity index (χ1) is 10.1. The van der Waals surface area contributed by atoms with Crippen molar-refractivity contribution in [1.29, 1.82) is 0 Å². The highest BCUT2D eigenvalue weighted by Gasteiger charge is 2.20. The maximum Gasteiger partial charge on any atom is 0.162 e. The van der Waals surface area contributed by atoms with Crippen LogP contribution >= 0.6 is 43.5 Å². The van der Waals surface area contributed by atoms with Gasteiger partial charge in [0.2, 0.25) is 0 Å². The van der Waals surface area contributed by atoms with E-state index in [2.05, 4.69) is 37.9 Å². The summed E-state index contributed by atoms with van der Waals surface area (Å²) in [5.74, 6) is 1.56. The highest BCUT2D eigenvalue weighted by molar-refractivity contribution is 9.11. The number of fused-ring (bicyclic) bond motifs is 1. The van der Waals surface area contributed by atoms with Crippen molar-refractivity contribution < 1.29 is 9.47 Å². The molecular weight excluding hydrogens is 419 g/mol. The molecule has 21 heavy (non-hydrogen) atoms. The van der Waals surface area contributed by atoms with Gasteiger partial charge < -0.3 is 9.47 Å². The monoisotopic (exact) mass is 430 g/mol. The summed E-state index contributed by atoms with van der Waals surface area (Å²) < 4.78 is 12.2. The number of benzene rings is 2. The minimum Gasteiger partial charge on any atom is -0.486 e. The topological polar surface area (TPSA) is 18.5 Å². The molecule has 0 aliphatic carbocycles. The summed E-state index contributed by atoms with van der Waals surface area (Å²) in [6.45, 7) is 3.16. The molecule has 1 unspecified atom stereocenters. The average Bonchev–Trinajstić information content (AvgIpc) is 2.48. The molecule has 5 heteroatoms. The molecule has 0 aromatic heterocycles. The molecule has 1 aliphatic rings. The number of hydrogen-bond acceptors (Lipinski definition) is 2. The van der Waals surface area contributed by atoms with Gasteiger partial charge in [0.15, 0.2) is 11.5 Å². The maximum absolute atomic E-state index is 6.22. The lowest BCUT2D eigenvalue weighted by Crippen LogP contribution is -2.15. The van der Waals surface area contributed by atoms with E-state index in [1.54, 1.807) is 0 Å². The van der Waals surface area contributed by atoms with Crippen LogP contribution in [0.15, 0.2) is 34.8 Å². The predicted octanol–water partition coefficient (Wildman–Crippen LogP) is 5.67. The Morgan fingerprint density at radius 2 is 1.76 bits per heavy atom. The predicted molar refractivity (Wildman–Crippen MR) is 92.1 cm³/mol. The quantitative estimate of drug-likeness (QED) is 0.570. The van der Waals surface area contributed by atoms with Gasteiger partial charge in [-0.15, -0.1) is 0 Å². The number of rotatable bonds is 2. The van der Waals surface area contributed by atoms with Crippen molar-refractivity contribution in [1.82, 2.24) is 0 Å². The summed E-state index contributed by atoms with van der Waals surface area (Å²) in [5, 5.41) is 0.769. The summed E-state index contributed by atoms with van der Waals surface area (Å²) in [6, 6.07) is 10.0. The van der Waals surface area contributed by atoms with E-state index in [9.17, 15) is 0 Å². The summed E-state index contributed by atoms with van der Waals surface area (Å²) in [4.78, 5) is 0.0285. The van der Waals surface area contributed by atoms with E-state index in [1.807, 2.05) is 31.2 Å². The molecule has 0 spiro atoms. The molecule has 0 N–H and O–H groups in total. The average molecular weight is 433 g/mol. The minimum atomic E-state index is 0.0285. The number of ether oxygens (including phenoxy) is 2. The molecule has 0 saturated heterocycles. The number of hydrogen-bond donors (Lipinski definition) is 0. The van der Waals surface area contributed by atoms with E-state index in [4.69, 9.17) is 21.1 Å². The largest absolute Gasteiger partial charge is 0.486 e. The fourth-order valence-corrected chi connectivity index (χ4v) is 3.93. The van der Waals surface area contributed by atoms with Crippen molar-refractivity contribution in [2.45, 2.75) is 11.8 Å². The summed E-state index contributed by atoms with van der Waals surface area (Å²) >= 11 is 13.6. The minimum absolute atomic E-state index is 0.0285. The first kappa shape index (κ1) is 15.2. The summed E-state index contributed by atoms with van der Waals surface area (Å²) in [6.07, 6.45) is 0. The van der Waals surface area contributed by atoms with E-state index in [0.717, 1.165) is 37.7 Å². The Morgan fingerprint density at radius 3 is 2.43 bits per heavy atom. The number of aryl methyl sites for hydroxylation is 1. The molecule has 2 aromatic carbocycles. The van der Waals surface area contributed by atoms with Crippen LogP contribution in [0.25, 0.3) is 0 Å². The maximum atomic E-state index is 6.22. The molecule has 110 valence electrons. The van der Waals surface area contributed by atoms with Crippen LogP contribution in [-0.4, -0.2) is 13.2 Å². The van der Waals surface area contributed by atoms with Crippen LogP contribution in [0, 0.1) is 6.92 Å². The molecule has 0 bridgehead atoms. The van der Waals surface area contributed by atoms with Crippen LogP contribution < -0.4 is 9.47 Å². The molecule has 0 radical (unpaired) electrons. The normalized spacial score (nSPS) is 14.9. The van der Waals surface area contributed by atoms with Crippen molar-refractivity contribution in [3.63, 3.8) is 0 Å². The molecule has 1 aliphatic heterocycles. The third-order valence-corrected chi connectivity index (χ3v) is 5.54. The fraction of sp³-hybridized carbons (Fsp3) is 0.250. The van der Waals surface area contributed by atoms with Crippen molar-refractivity contribution in [3.8, 4) is 11.5 Å². The van der Waals surface area contributed by atoms with Crippen LogP contribution in [0.4, 0.5) is 0 Å². The lowest BCUT2D eigenvalue weighted by Gasteiger charge is -2.21. The Bertz CT molecular complexity index is 688. The molecule has 2 aromatic rings. The van der Waals surface area contributed by atoms with Gasteiger partial charge in [-0.1, -0.05) is 55.6 Å². The molecule has 3 rings (SSSR count). The molecule has 0 saturated carbocycles. The van der Waals surface area contributed by atoms with Crippen LogP contribution in [0.5, 0.6) is 11.5 Å². The van der Waals surface area contributed by atoms with Crippen LogP contribution in [0.2, 0.25) is 5.02 Å². The van der Waals surface area contributed by atoms with Crippen molar-refractivity contribution in [2.24, 2.45) is 0 Å². The lowest BCUT2D eigenvalue weighted by molar-refractivity contribution is 0.171. The zero-order valence-electron chi connectivity index (χ0n) is 11.3. The van der Waals surface area contributed by atoms with Gasteiger partial charge in [-0.3, -0.25) is 0 Å². The molecular formula is C16H13Br2ClO2. The molecule has 0 fully saturated rings. The van der Waals surface area contributed by atoms with Gasteiger partial charge in [0.25, 0.3) is 0 Å². The Hall–Kier alpha value is -0.710. The summed E-state index contributed by atoms with van der Waals surface area (Å²) in [5.41, 5.74) is 3.25. The van der Waals surface area contributed by atoms with Crippen molar-refractivity contribution in [3.05, 3.63) is 56.5 Å². The third kappa shape index (κ3) is 3.08. The van der Waals surface area contributed by atoms with Gasteiger partial charge in [-0.2, -0.15) is 0 Å². The number of halogens is 3. The smallest absolute Gasteiger partial charge is 0.162 e. The fourth-order valence-electron chi connectivity index (χ4n) is 2.22. The van der Waals surface area contributed by atoms with E-state index in [0.29, 0.717) is 13.2 Å². The highest BCUT2D eigenvalue weighted by Crippen LogP contribution is 2.42. The summed E-state index contributed by atoms with van der Waals surface area (Å²) in [7, 11) is 0. The Balaban J connectivity index is 2.00. The van der Waals surface area contributed by atoms with Gasteiger partial charge in [0.1, 0.15) is 13.2 Å². The van der Waals surface area contributed by atoms with Gasteiger partial charge in [-0.25, -0.2) is 0 Å². The van der Waals surface area contributed by atoms with E-state index in [1.165, 1.54) is 0 Å². The first-order valence-corrected chi connectivity index (χ1v) is 8.64. The lowest BCUT2D eigenvalue weighted by atomic mass is 10.0. The highest BCUT2D eigenvalue weighted by atomic mass is 79.9. The second kappa shape index (κ2) is 6.19. The SMILES string of the molecule is Cc1ccc(C(Br)c2cc3c(cc2Br)OCCO3)cc1Cl. The Morgan fingerprint density at radius 1 is 1.10 bits per heavy atom.